The van der Waals surface area contributed by atoms with Gasteiger partial charge in [0.05, 0.1) is 36.9 Å². The topological polar surface area (TPSA) is 107 Å². The molecule has 0 aliphatic carbocycles. The number of hydrogen-bond donors (Lipinski definition) is 2. The second-order valence-corrected chi connectivity index (χ2v) is 15.0. The lowest BCUT2D eigenvalue weighted by Gasteiger charge is -2.44. The van der Waals surface area contributed by atoms with Crippen LogP contribution in [0.1, 0.15) is 54.4 Å². The van der Waals surface area contributed by atoms with Gasteiger partial charge in [-0.05, 0) is 46.0 Å². The van der Waals surface area contributed by atoms with Crippen LogP contribution < -0.4 is 4.72 Å². The molecule has 10 heteroatoms. The molecule has 2 N–H and O–H groups in total. The van der Waals surface area contributed by atoms with Crippen molar-refractivity contribution in [3.05, 3.63) is 125 Å². The van der Waals surface area contributed by atoms with Crippen molar-refractivity contribution in [2.45, 2.75) is 62.1 Å². The average Bonchev–Trinajstić information content (AvgIpc) is 3.61. The third kappa shape index (κ3) is 7.82. The summed E-state index contributed by atoms with van der Waals surface area (Å²) in [6.45, 7) is 6.25. The molecule has 0 saturated carbocycles. The van der Waals surface area contributed by atoms with E-state index in [0.29, 0.717) is 13.2 Å². The van der Waals surface area contributed by atoms with Gasteiger partial charge in [0.2, 0.25) is 10.0 Å². The Balaban J connectivity index is 1.06. The lowest BCUT2D eigenvalue weighted by Crippen LogP contribution is -2.50. The highest BCUT2D eigenvalue weighted by molar-refractivity contribution is 7.89. The number of likely N-dealkylation sites (tertiary alicyclic amines) is 1. The van der Waals surface area contributed by atoms with E-state index in [4.69, 9.17) is 18.9 Å². The average molecular weight is 685 g/mol. The van der Waals surface area contributed by atoms with Gasteiger partial charge in [0.15, 0.2) is 12.1 Å². The Morgan fingerprint density at radius 3 is 2.18 bits per heavy atom. The van der Waals surface area contributed by atoms with E-state index >= 15 is 0 Å². The van der Waals surface area contributed by atoms with Crippen LogP contribution in [0.5, 0.6) is 0 Å². The van der Waals surface area contributed by atoms with Crippen LogP contribution in [0.4, 0.5) is 0 Å². The summed E-state index contributed by atoms with van der Waals surface area (Å²) in [5.41, 5.74) is 5.70. The number of nitrogens with one attached hydrogen (secondary N) is 1. The molecule has 3 heterocycles. The summed E-state index contributed by atoms with van der Waals surface area (Å²) < 4.78 is 53.5. The van der Waals surface area contributed by atoms with Gasteiger partial charge in [-0.1, -0.05) is 91.9 Å². The molecule has 7 rings (SSSR count). The van der Waals surface area contributed by atoms with Crippen LogP contribution in [0.25, 0.3) is 11.1 Å². The molecule has 9 nitrogen and oxygen atoms in total. The van der Waals surface area contributed by atoms with Crippen molar-refractivity contribution in [3.8, 4) is 11.1 Å². The number of nitrogens with zero attached hydrogens (tertiary/aromatic N) is 1. The maximum Gasteiger partial charge on any atom is 0.240 e. The lowest BCUT2D eigenvalue weighted by molar-refractivity contribution is -0.278. The van der Waals surface area contributed by atoms with Gasteiger partial charge in [-0.15, -0.1) is 0 Å². The van der Waals surface area contributed by atoms with Crippen molar-refractivity contribution in [3.63, 3.8) is 0 Å². The normalized spacial score (nSPS) is 24.3. The first-order valence-electron chi connectivity index (χ1n) is 17.1. The molecule has 0 unspecified atom stereocenters. The highest BCUT2D eigenvalue weighted by atomic mass is 32.2. The fourth-order valence-corrected chi connectivity index (χ4v) is 8.04. The van der Waals surface area contributed by atoms with Crippen LogP contribution in [0, 0.1) is 5.92 Å². The SMILES string of the molecule is C[C@H]1[C@@H](CN2CCC3(CC2)OCCO3)O[C@@H](c2ccc(-c3cccc(CNS(=O)(=O)c4ccccc4)c3)cc2)O[C@H]1c1ccc(CO)cc1. The molecule has 258 valence electrons. The predicted octanol–water partition coefficient (Wildman–Crippen LogP) is 5.95. The highest BCUT2D eigenvalue weighted by Crippen LogP contribution is 2.43. The largest absolute Gasteiger partial charge is 0.392 e. The standard InChI is InChI=1S/C39H44N2O7S/c1-28-36(26-41-20-18-39(19-21-41)45-22-23-46-39)47-38(48-37(28)32-12-10-29(27-42)11-13-32)33-16-14-31(15-17-33)34-7-5-6-30(24-34)25-40-49(43,44)35-8-3-2-4-9-35/h2-17,24,28,36-38,40,42H,18-23,25-27H2,1H3/t28-,36+,37+,38+/m0/s1. The van der Waals surface area contributed by atoms with Gasteiger partial charge in [-0.3, -0.25) is 0 Å². The van der Waals surface area contributed by atoms with E-state index in [2.05, 4.69) is 28.7 Å². The molecule has 4 aromatic rings. The zero-order valence-corrected chi connectivity index (χ0v) is 28.6. The number of piperidine rings is 1. The minimum Gasteiger partial charge on any atom is -0.392 e. The maximum absolute atomic E-state index is 12.7. The first-order valence-corrected chi connectivity index (χ1v) is 18.5. The Morgan fingerprint density at radius 1 is 0.796 bits per heavy atom. The maximum atomic E-state index is 12.7. The van der Waals surface area contributed by atoms with E-state index in [1.54, 1.807) is 30.3 Å². The quantitative estimate of drug-likeness (QED) is 0.211. The Hall–Kier alpha value is -3.45. The first-order chi connectivity index (χ1) is 23.8. The number of hydrogen-bond acceptors (Lipinski definition) is 8. The zero-order valence-electron chi connectivity index (χ0n) is 27.7. The fourth-order valence-electron chi connectivity index (χ4n) is 7.00. The Kier molecular flexibility index (Phi) is 10.3. The predicted molar refractivity (Wildman–Crippen MR) is 186 cm³/mol. The molecule has 1 spiro atoms. The molecule has 0 amide bonds. The van der Waals surface area contributed by atoms with Gasteiger partial charge in [0.1, 0.15) is 0 Å². The number of benzene rings is 4. The van der Waals surface area contributed by atoms with Crippen molar-refractivity contribution in [1.82, 2.24) is 9.62 Å². The van der Waals surface area contributed by atoms with E-state index in [0.717, 1.165) is 65.9 Å². The van der Waals surface area contributed by atoms with Gasteiger partial charge in [0, 0.05) is 50.5 Å². The molecule has 3 fully saturated rings. The smallest absolute Gasteiger partial charge is 0.240 e. The number of sulfonamides is 1. The van der Waals surface area contributed by atoms with Crippen molar-refractivity contribution in [1.29, 1.82) is 0 Å². The fraction of sp³-hybridized carbons (Fsp3) is 0.385. The van der Waals surface area contributed by atoms with Crippen LogP contribution >= 0.6 is 0 Å². The summed E-state index contributed by atoms with van der Waals surface area (Å²) in [6, 6.07) is 32.5. The number of aliphatic hydroxyl groups is 1. The molecule has 4 aromatic carbocycles. The third-order valence-corrected chi connectivity index (χ3v) is 11.4. The summed E-state index contributed by atoms with van der Waals surface area (Å²) in [6.07, 6.45) is 0.875. The highest BCUT2D eigenvalue weighted by Gasteiger charge is 2.43. The van der Waals surface area contributed by atoms with Gasteiger partial charge in [-0.25, -0.2) is 13.1 Å². The van der Waals surface area contributed by atoms with Crippen molar-refractivity contribution >= 4 is 10.0 Å². The van der Waals surface area contributed by atoms with Crippen LogP contribution in [-0.4, -0.2) is 63.2 Å². The lowest BCUT2D eigenvalue weighted by atomic mass is 9.89. The van der Waals surface area contributed by atoms with Crippen molar-refractivity contribution < 1.29 is 32.5 Å². The van der Waals surface area contributed by atoms with Gasteiger partial charge >= 0.3 is 0 Å². The van der Waals surface area contributed by atoms with Crippen molar-refractivity contribution in [2.24, 2.45) is 5.92 Å². The Morgan fingerprint density at radius 2 is 1.49 bits per heavy atom. The first kappa shape index (κ1) is 34.0. The second-order valence-electron chi connectivity index (χ2n) is 13.2. The molecule has 0 aromatic heterocycles. The Bertz CT molecular complexity index is 1790. The molecule has 0 bridgehead atoms. The minimum absolute atomic E-state index is 0.00183. The number of rotatable bonds is 10. The second kappa shape index (κ2) is 14.8. The zero-order chi connectivity index (χ0) is 33.8. The van der Waals surface area contributed by atoms with Crippen LogP contribution in [0.15, 0.2) is 108 Å². The van der Waals surface area contributed by atoms with Crippen molar-refractivity contribution in [2.75, 3.05) is 32.8 Å². The van der Waals surface area contributed by atoms with E-state index in [1.807, 2.05) is 60.7 Å². The molecule has 3 aliphatic rings. The van der Waals surface area contributed by atoms with Crippen LogP contribution in [-0.2, 0) is 42.1 Å². The summed E-state index contributed by atoms with van der Waals surface area (Å²) >= 11 is 0. The molecule has 0 radical (unpaired) electrons. The Labute approximate surface area is 288 Å². The summed E-state index contributed by atoms with van der Waals surface area (Å²) in [5.74, 6) is -0.331. The minimum atomic E-state index is -3.61. The summed E-state index contributed by atoms with van der Waals surface area (Å²) in [7, 11) is -3.61. The molecule has 49 heavy (non-hydrogen) atoms. The third-order valence-electron chi connectivity index (χ3n) is 9.96. The van der Waals surface area contributed by atoms with E-state index < -0.39 is 22.1 Å². The molecular formula is C39H44N2O7S. The van der Waals surface area contributed by atoms with E-state index in [1.165, 1.54) is 0 Å². The summed E-state index contributed by atoms with van der Waals surface area (Å²) in [4.78, 5) is 2.69. The van der Waals surface area contributed by atoms with Crippen LogP contribution in [0.2, 0.25) is 0 Å². The van der Waals surface area contributed by atoms with E-state index in [9.17, 15) is 13.5 Å². The van der Waals surface area contributed by atoms with E-state index in [-0.39, 0.29) is 36.2 Å². The van der Waals surface area contributed by atoms with Crippen LogP contribution in [0.3, 0.4) is 0 Å². The van der Waals surface area contributed by atoms with Gasteiger partial charge in [-0.2, -0.15) is 0 Å². The summed E-state index contributed by atoms with van der Waals surface area (Å²) in [5, 5.41) is 9.60. The monoisotopic (exact) mass is 684 g/mol. The number of aliphatic hydroxyl groups excluding tert-OH is 1. The molecular weight excluding hydrogens is 641 g/mol. The van der Waals surface area contributed by atoms with Gasteiger partial charge < -0.3 is 29.0 Å². The molecule has 3 saturated heterocycles. The van der Waals surface area contributed by atoms with Gasteiger partial charge in [0.25, 0.3) is 0 Å². The molecule has 4 atom stereocenters. The molecule has 3 aliphatic heterocycles. The number of ether oxygens (including phenoxy) is 4.